The molecule has 1 aromatic rings. The van der Waals surface area contributed by atoms with Gasteiger partial charge in [-0.2, -0.15) is 0 Å². The zero-order valence-electron chi connectivity index (χ0n) is 13.4. The van der Waals surface area contributed by atoms with E-state index >= 15 is 0 Å². The highest BCUT2D eigenvalue weighted by atomic mass is 16.5. The minimum atomic E-state index is 0.195. The monoisotopic (exact) mass is 293 g/mol. The van der Waals surface area contributed by atoms with Gasteiger partial charge in [0.25, 0.3) is 0 Å². The first-order valence-electron chi connectivity index (χ1n) is 7.98. The van der Waals surface area contributed by atoms with Crippen LogP contribution in [-0.4, -0.2) is 33.0 Å². The zero-order valence-corrected chi connectivity index (χ0v) is 13.4. The molecule has 2 atom stereocenters. The van der Waals surface area contributed by atoms with Gasteiger partial charge in [-0.25, -0.2) is 0 Å². The van der Waals surface area contributed by atoms with Crippen molar-refractivity contribution in [3.63, 3.8) is 0 Å². The van der Waals surface area contributed by atoms with Gasteiger partial charge in [0.2, 0.25) is 0 Å². The third kappa shape index (κ3) is 4.11. The summed E-state index contributed by atoms with van der Waals surface area (Å²) in [5.74, 6) is 1.62. The van der Waals surface area contributed by atoms with Crippen molar-refractivity contribution in [1.29, 1.82) is 0 Å². The van der Waals surface area contributed by atoms with Crippen LogP contribution < -0.4 is 14.8 Å². The van der Waals surface area contributed by atoms with E-state index in [1.54, 1.807) is 0 Å². The van der Waals surface area contributed by atoms with Gasteiger partial charge >= 0.3 is 0 Å². The first-order chi connectivity index (χ1) is 10.3. The molecule has 1 saturated heterocycles. The molecule has 118 valence electrons. The molecule has 1 N–H and O–H groups in total. The average Bonchev–Trinajstić information content (AvgIpc) is 2.52. The Balaban J connectivity index is 2.21. The van der Waals surface area contributed by atoms with E-state index in [0.717, 1.165) is 24.5 Å². The molecule has 2 rings (SSSR count). The van der Waals surface area contributed by atoms with Crippen LogP contribution in [0.5, 0.6) is 11.5 Å². The molecule has 1 aliphatic heterocycles. The highest BCUT2D eigenvalue weighted by Crippen LogP contribution is 2.33. The fourth-order valence-electron chi connectivity index (χ4n) is 2.86. The van der Waals surface area contributed by atoms with E-state index < -0.39 is 0 Å². The average molecular weight is 293 g/mol. The van der Waals surface area contributed by atoms with Gasteiger partial charge in [0.1, 0.15) is 0 Å². The Hall–Kier alpha value is -1.26. The van der Waals surface area contributed by atoms with Gasteiger partial charge in [0.15, 0.2) is 11.5 Å². The van der Waals surface area contributed by atoms with E-state index in [1.165, 1.54) is 18.4 Å². The van der Waals surface area contributed by atoms with Crippen molar-refractivity contribution in [3.8, 4) is 11.5 Å². The van der Waals surface area contributed by atoms with Crippen LogP contribution in [0.3, 0.4) is 0 Å². The van der Waals surface area contributed by atoms with Gasteiger partial charge in [0.05, 0.1) is 25.4 Å². The Kier molecular flexibility index (Phi) is 6.33. The molecule has 1 fully saturated rings. The first-order valence-corrected chi connectivity index (χ1v) is 7.98. The third-order valence-corrected chi connectivity index (χ3v) is 3.82. The molecule has 0 bridgehead atoms. The predicted octanol–water partition coefficient (Wildman–Crippen LogP) is 3.31. The standard InChI is InChI=1S/C17H27NO3/c1-4-19-14-10-9-13(12-16(14)20-5-2)17(18-3)15-8-6-7-11-21-15/h9-10,12,15,17-18H,4-8,11H2,1-3H3. The van der Waals surface area contributed by atoms with E-state index in [9.17, 15) is 0 Å². The number of ether oxygens (including phenoxy) is 3. The van der Waals surface area contributed by atoms with Crippen LogP contribution in [-0.2, 0) is 4.74 Å². The van der Waals surface area contributed by atoms with E-state index in [2.05, 4.69) is 17.4 Å². The minimum Gasteiger partial charge on any atom is -0.490 e. The highest BCUT2D eigenvalue weighted by molar-refractivity contribution is 5.44. The molecule has 0 amide bonds. The Morgan fingerprint density at radius 2 is 1.95 bits per heavy atom. The van der Waals surface area contributed by atoms with Crippen LogP contribution in [0.15, 0.2) is 18.2 Å². The van der Waals surface area contributed by atoms with Gasteiger partial charge in [-0.15, -0.1) is 0 Å². The van der Waals surface area contributed by atoms with Crippen molar-refractivity contribution in [2.24, 2.45) is 0 Å². The van der Waals surface area contributed by atoms with Gasteiger partial charge in [0, 0.05) is 6.61 Å². The Morgan fingerprint density at radius 1 is 1.19 bits per heavy atom. The van der Waals surface area contributed by atoms with Crippen LogP contribution in [0.25, 0.3) is 0 Å². The maximum atomic E-state index is 5.93. The molecular formula is C17H27NO3. The van der Waals surface area contributed by atoms with E-state index in [4.69, 9.17) is 14.2 Å². The van der Waals surface area contributed by atoms with Crippen molar-refractivity contribution >= 4 is 0 Å². The number of likely N-dealkylation sites (N-methyl/N-ethyl adjacent to an activating group) is 1. The lowest BCUT2D eigenvalue weighted by Gasteiger charge is -2.31. The van der Waals surface area contributed by atoms with Crippen LogP contribution in [0, 0.1) is 0 Å². The van der Waals surface area contributed by atoms with Crippen molar-refractivity contribution in [2.75, 3.05) is 26.9 Å². The fraction of sp³-hybridized carbons (Fsp3) is 0.647. The summed E-state index contributed by atoms with van der Waals surface area (Å²) in [6.07, 6.45) is 3.73. The maximum absolute atomic E-state index is 5.93. The maximum Gasteiger partial charge on any atom is 0.161 e. The lowest BCUT2D eigenvalue weighted by Crippen LogP contribution is -2.34. The number of rotatable bonds is 7. The summed E-state index contributed by atoms with van der Waals surface area (Å²) in [5, 5.41) is 3.39. The smallest absolute Gasteiger partial charge is 0.161 e. The SMILES string of the molecule is CCOc1ccc(C(NC)C2CCCCO2)cc1OCC. The van der Waals surface area contributed by atoms with Gasteiger partial charge in [-0.05, 0) is 57.9 Å². The highest BCUT2D eigenvalue weighted by Gasteiger charge is 2.25. The fourth-order valence-corrected chi connectivity index (χ4v) is 2.86. The second-order valence-electron chi connectivity index (χ2n) is 5.24. The zero-order chi connectivity index (χ0) is 15.1. The minimum absolute atomic E-state index is 0.195. The molecule has 21 heavy (non-hydrogen) atoms. The molecule has 0 radical (unpaired) electrons. The van der Waals surface area contributed by atoms with Crippen molar-refractivity contribution < 1.29 is 14.2 Å². The molecule has 1 aromatic carbocycles. The summed E-state index contributed by atoms with van der Waals surface area (Å²) in [7, 11) is 1.99. The summed E-state index contributed by atoms with van der Waals surface area (Å²) in [4.78, 5) is 0. The van der Waals surface area contributed by atoms with Gasteiger partial charge < -0.3 is 19.5 Å². The largest absolute Gasteiger partial charge is 0.490 e. The second-order valence-corrected chi connectivity index (χ2v) is 5.24. The van der Waals surface area contributed by atoms with Crippen LogP contribution in [0.1, 0.15) is 44.7 Å². The summed E-state index contributed by atoms with van der Waals surface area (Å²) in [6, 6.07) is 6.37. The number of hydrogen-bond donors (Lipinski definition) is 1. The molecule has 0 aliphatic carbocycles. The Labute approximate surface area is 127 Å². The van der Waals surface area contributed by atoms with Gasteiger partial charge in [-0.3, -0.25) is 0 Å². The molecule has 0 aromatic heterocycles. The first kappa shape index (κ1) is 16.1. The molecule has 1 aliphatic rings. The third-order valence-electron chi connectivity index (χ3n) is 3.82. The van der Waals surface area contributed by atoms with E-state index in [0.29, 0.717) is 13.2 Å². The number of hydrogen-bond acceptors (Lipinski definition) is 4. The van der Waals surface area contributed by atoms with Crippen molar-refractivity contribution in [1.82, 2.24) is 5.32 Å². The number of benzene rings is 1. The van der Waals surface area contributed by atoms with Crippen LogP contribution in [0.4, 0.5) is 0 Å². The lowest BCUT2D eigenvalue weighted by molar-refractivity contribution is -0.00666. The molecule has 4 heteroatoms. The number of nitrogens with one attached hydrogen (secondary N) is 1. The molecule has 0 spiro atoms. The van der Waals surface area contributed by atoms with Gasteiger partial charge in [-0.1, -0.05) is 6.07 Å². The molecule has 2 unspecified atom stereocenters. The topological polar surface area (TPSA) is 39.7 Å². The second kappa shape index (κ2) is 8.25. The lowest BCUT2D eigenvalue weighted by atomic mass is 9.95. The molecule has 0 saturated carbocycles. The Bertz CT molecular complexity index is 430. The molecule has 4 nitrogen and oxygen atoms in total. The summed E-state index contributed by atoms with van der Waals surface area (Å²) in [5.41, 5.74) is 1.19. The summed E-state index contributed by atoms with van der Waals surface area (Å²) < 4.78 is 17.3. The van der Waals surface area contributed by atoms with Crippen LogP contribution in [0.2, 0.25) is 0 Å². The quantitative estimate of drug-likeness (QED) is 0.837. The molecular weight excluding hydrogens is 266 g/mol. The van der Waals surface area contributed by atoms with E-state index in [1.807, 2.05) is 27.0 Å². The Morgan fingerprint density at radius 3 is 2.57 bits per heavy atom. The van der Waals surface area contributed by atoms with Crippen molar-refractivity contribution in [3.05, 3.63) is 23.8 Å². The van der Waals surface area contributed by atoms with E-state index in [-0.39, 0.29) is 12.1 Å². The normalized spacial score (nSPS) is 20.0. The molecule has 1 heterocycles. The van der Waals surface area contributed by atoms with Crippen molar-refractivity contribution in [2.45, 2.75) is 45.3 Å². The summed E-state index contributed by atoms with van der Waals surface area (Å²) in [6.45, 7) is 6.10. The van der Waals surface area contributed by atoms with Crippen LogP contribution >= 0.6 is 0 Å². The summed E-state index contributed by atoms with van der Waals surface area (Å²) >= 11 is 0. The predicted molar refractivity (Wildman–Crippen MR) is 84.2 cm³/mol.